The van der Waals surface area contributed by atoms with E-state index in [9.17, 15) is 14.4 Å². The number of benzene rings is 2. The molecular formula is C24H19NO6S. The standard InChI is InChI=1S/C24H19NO6S/c1-29-23(27)17-9-7-16(8-10-17)20-12-11-19(31-20)15-21-22(26)25(24(28)32-21)13-14-30-18-5-3-2-4-6-18/h2-12,15H,13-14H2,1H3/b21-15-. The lowest BCUT2D eigenvalue weighted by molar-refractivity contribution is -0.123. The van der Waals surface area contributed by atoms with Gasteiger partial charge in [-0.2, -0.15) is 0 Å². The topological polar surface area (TPSA) is 86.0 Å². The van der Waals surface area contributed by atoms with Crippen LogP contribution in [0.5, 0.6) is 5.75 Å². The summed E-state index contributed by atoms with van der Waals surface area (Å²) in [6.07, 6.45) is 1.55. The summed E-state index contributed by atoms with van der Waals surface area (Å²) in [6, 6.07) is 19.5. The van der Waals surface area contributed by atoms with Crippen LogP contribution in [0.2, 0.25) is 0 Å². The molecule has 0 saturated carbocycles. The van der Waals surface area contributed by atoms with Crippen molar-refractivity contribution in [2.24, 2.45) is 0 Å². The molecule has 1 aliphatic rings. The summed E-state index contributed by atoms with van der Waals surface area (Å²) >= 11 is 0.867. The highest BCUT2D eigenvalue weighted by molar-refractivity contribution is 8.18. The summed E-state index contributed by atoms with van der Waals surface area (Å²) in [7, 11) is 1.33. The molecule has 2 amide bonds. The van der Waals surface area contributed by atoms with Crippen molar-refractivity contribution in [3.8, 4) is 17.1 Å². The van der Waals surface area contributed by atoms with E-state index < -0.39 is 5.97 Å². The number of thioether (sulfide) groups is 1. The first-order chi connectivity index (χ1) is 15.5. The van der Waals surface area contributed by atoms with Gasteiger partial charge in [-0.15, -0.1) is 0 Å². The van der Waals surface area contributed by atoms with E-state index in [2.05, 4.69) is 0 Å². The predicted molar refractivity (Wildman–Crippen MR) is 120 cm³/mol. The van der Waals surface area contributed by atoms with Crippen LogP contribution in [0.1, 0.15) is 16.1 Å². The van der Waals surface area contributed by atoms with Gasteiger partial charge in [0.1, 0.15) is 23.9 Å². The fourth-order valence-electron chi connectivity index (χ4n) is 3.07. The Balaban J connectivity index is 1.41. The van der Waals surface area contributed by atoms with E-state index in [1.165, 1.54) is 7.11 Å². The van der Waals surface area contributed by atoms with Gasteiger partial charge in [0.15, 0.2) is 0 Å². The van der Waals surface area contributed by atoms with Gasteiger partial charge in [-0.05, 0) is 48.2 Å². The number of imide groups is 1. The maximum absolute atomic E-state index is 12.6. The third-order valence-electron chi connectivity index (χ3n) is 4.69. The van der Waals surface area contributed by atoms with Gasteiger partial charge in [0.25, 0.3) is 11.1 Å². The molecule has 0 unspecified atom stereocenters. The van der Waals surface area contributed by atoms with Gasteiger partial charge in [0.05, 0.1) is 24.1 Å². The fourth-order valence-corrected chi connectivity index (χ4v) is 3.91. The minimum absolute atomic E-state index is 0.160. The number of methoxy groups -OCH3 is 1. The number of carbonyl (C=O) groups excluding carboxylic acids is 3. The van der Waals surface area contributed by atoms with E-state index >= 15 is 0 Å². The van der Waals surface area contributed by atoms with Crippen molar-refractivity contribution in [3.63, 3.8) is 0 Å². The van der Waals surface area contributed by atoms with E-state index in [0.29, 0.717) is 22.8 Å². The quantitative estimate of drug-likeness (QED) is 0.376. The predicted octanol–water partition coefficient (Wildman–Crippen LogP) is 4.85. The number of hydrogen-bond donors (Lipinski definition) is 0. The van der Waals surface area contributed by atoms with Gasteiger partial charge in [0, 0.05) is 11.6 Å². The zero-order valence-electron chi connectivity index (χ0n) is 17.1. The second-order valence-electron chi connectivity index (χ2n) is 6.77. The number of furan rings is 1. The molecule has 3 aromatic rings. The largest absolute Gasteiger partial charge is 0.492 e. The molecule has 2 heterocycles. The summed E-state index contributed by atoms with van der Waals surface area (Å²) in [5, 5.41) is -0.344. The van der Waals surface area contributed by atoms with Gasteiger partial charge < -0.3 is 13.9 Å². The summed E-state index contributed by atoms with van der Waals surface area (Å²) in [5.74, 6) is 0.905. The van der Waals surface area contributed by atoms with Crippen LogP contribution in [0.3, 0.4) is 0 Å². The number of nitrogens with zero attached hydrogens (tertiary/aromatic N) is 1. The number of rotatable bonds is 7. The molecule has 1 fully saturated rings. The fraction of sp³-hybridized carbons (Fsp3) is 0.125. The van der Waals surface area contributed by atoms with Crippen molar-refractivity contribution in [1.29, 1.82) is 0 Å². The minimum Gasteiger partial charge on any atom is -0.492 e. The molecule has 2 aromatic carbocycles. The van der Waals surface area contributed by atoms with Crippen LogP contribution in [-0.4, -0.2) is 42.3 Å². The lowest BCUT2D eigenvalue weighted by Crippen LogP contribution is -2.32. The molecular weight excluding hydrogens is 430 g/mol. The average Bonchev–Trinajstić information content (AvgIpc) is 3.39. The van der Waals surface area contributed by atoms with Crippen molar-refractivity contribution in [3.05, 3.63) is 83.0 Å². The summed E-state index contributed by atoms with van der Waals surface area (Å²) in [4.78, 5) is 37.9. The Kier molecular flexibility index (Phi) is 6.42. The summed E-state index contributed by atoms with van der Waals surface area (Å²) < 4.78 is 16.1. The van der Waals surface area contributed by atoms with Gasteiger partial charge in [-0.1, -0.05) is 30.3 Å². The summed E-state index contributed by atoms with van der Waals surface area (Å²) in [5.41, 5.74) is 1.21. The summed E-state index contributed by atoms with van der Waals surface area (Å²) in [6.45, 7) is 0.370. The van der Waals surface area contributed by atoms with Gasteiger partial charge in [0.2, 0.25) is 0 Å². The van der Waals surface area contributed by atoms with Crippen LogP contribution in [-0.2, 0) is 9.53 Å². The molecule has 0 radical (unpaired) electrons. The van der Waals surface area contributed by atoms with Crippen LogP contribution in [0.25, 0.3) is 17.4 Å². The van der Waals surface area contributed by atoms with Crippen molar-refractivity contribution >= 4 is 35.0 Å². The molecule has 8 heteroatoms. The van der Waals surface area contributed by atoms with Crippen LogP contribution in [0, 0.1) is 0 Å². The Morgan fingerprint density at radius 1 is 1.03 bits per heavy atom. The van der Waals surface area contributed by atoms with Crippen LogP contribution >= 0.6 is 11.8 Å². The molecule has 0 spiro atoms. The van der Waals surface area contributed by atoms with Crippen molar-refractivity contribution in [2.45, 2.75) is 0 Å². The molecule has 1 saturated heterocycles. The highest BCUT2D eigenvalue weighted by Crippen LogP contribution is 2.33. The lowest BCUT2D eigenvalue weighted by Gasteiger charge is -2.13. The van der Waals surface area contributed by atoms with Crippen molar-refractivity contribution in [1.82, 2.24) is 4.90 Å². The zero-order valence-corrected chi connectivity index (χ0v) is 18.0. The SMILES string of the molecule is COC(=O)c1ccc(-c2ccc(/C=C3\SC(=O)N(CCOc4ccccc4)C3=O)o2)cc1. The zero-order chi connectivity index (χ0) is 22.5. The number of amides is 2. The molecule has 1 aliphatic heterocycles. The van der Waals surface area contributed by atoms with Crippen molar-refractivity contribution in [2.75, 3.05) is 20.3 Å². The number of carbonyl (C=O) groups is 3. The first-order valence-corrected chi connectivity index (χ1v) is 10.6. The van der Waals surface area contributed by atoms with E-state index in [1.54, 1.807) is 42.5 Å². The third-order valence-corrected chi connectivity index (χ3v) is 5.60. The molecule has 0 aliphatic carbocycles. The van der Waals surface area contributed by atoms with E-state index in [1.807, 2.05) is 30.3 Å². The second-order valence-corrected chi connectivity index (χ2v) is 7.76. The normalized spacial score (nSPS) is 14.8. The molecule has 32 heavy (non-hydrogen) atoms. The average molecular weight is 449 g/mol. The first-order valence-electron chi connectivity index (χ1n) is 9.77. The number of ether oxygens (including phenoxy) is 2. The van der Waals surface area contributed by atoms with Crippen LogP contribution < -0.4 is 4.74 Å². The number of para-hydroxylation sites is 1. The first kappa shape index (κ1) is 21.5. The van der Waals surface area contributed by atoms with Gasteiger partial charge in [-0.25, -0.2) is 4.79 Å². The molecule has 1 aromatic heterocycles. The van der Waals surface area contributed by atoms with E-state index in [0.717, 1.165) is 22.2 Å². The number of hydrogen-bond acceptors (Lipinski definition) is 7. The lowest BCUT2D eigenvalue weighted by atomic mass is 10.1. The monoisotopic (exact) mass is 449 g/mol. The molecule has 4 rings (SSSR count). The minimum atomic E-state index is -0.415. The highest BCUT2D eigenvalue weighted by Gasteiger charge is 2.35. The smallest absolute Gasteiger partial charge is 0.337 e. The van der Waals surface area contributed by atoms with Gasteiger partial charge >= 0.3 is 5.97 Å². The Labute approximate surface area is 188 Å². The van der Waals surface area contributed by atoms with Crippen molar-refractivity contribution < 1.29 is 28.3 Å². The molecule has 0 N–H and O–H groups in total. The van der Waals surface area contributed by atoms with Crippen LogP contribution in [0.15, 0.2) is 76.1 Å². The Bertz CT molecular complexity index is 1170. The Morgan fingerprint density at radius 2 is 1.78 bits per heavy atom. The van der Waals surface area contributed by atoms with E-state index in [4.69, 9.17) is 13.9 Å². The molecule has 0 atom stereocenters. The maximum atomic E-state index is 12.6. The second kappa shape index (κ2) is 9.57. The molecule has 0 bridgehead atoms. The molecule has 162 valence electrons. The van der Waals surface area contributed by atoms with Crippen LogP contribution in [0.4, 0.5) is 4.79 Å². The Hall–Kier alpha value is -3.78. The van der Waals surface area contributed by atoms with E-state index in [-0.39, 0.29) is 29.2 Å². The maximum Gasteiger partial charge on any atom is 0.337 e. The van der Waals surface area contributed by atoms with Gasteiger partial charge in [-0.3, -0.25) is 14.5 Å². The number of esters is 1. The third kappa shape index (κ3) is 4.76. The molecule has 7 nitrogen and oxygen atoms in total. The highest BCUT2D eigenvalue weighted by atomic mass is 32.2. The Morgan fingerprint density at radius 3 is 2.50 bits per heavy atom.